The summed E-state index contributed by atoms with van der Waals surface area (Å²) in [7, 11) is 0. The van der Waals surface area contributed by atoms with Gasteiger partial charge in [-0.3, -0.25) is 4.79 Å². The summed E-state index contributed by atoms with van der Waals surface area (Å²) in [6.07, 6.45) is 5.05. The number of nitrogens with one attached hydrogen (secondary N) is 2. The number of nitrogens with zero attached hydrogens (tertiary/aromatic N) is 1. The molecule has 5 nitrogen and oxygen atoms in total. The minimum atomic E-state index is -0.334. The molecule has 0 aliphatic heterocycles. The lowest BCUT2D eigenvalue weighted by atomic mass is 10.3. The second-order valence-corrected chi connectivity index (χ2v) is 4.23. The molecular formula is C14H16FN3O2. The zero-order valence-corrected chi connectivity index (χ0v) is 10.9. The zero-order valence-electron chi connectivity index (χ0n) is 10.9. The minimum absolute atomic E-state index is 0.0770. The summed E-state index contributed by atoms with van der Waals surface area (Å²) in [5, 5.41) is 2.75. The van der Waals surface area contributed by atoms with Crippen LogP contribution in [0.5, 0.6) is 5.75 Å². The fourth-order valence-corrected chi connectivity index (χ4v) is 1.65. The molecule has 0 aliphatic rings. The van der Waals surface area contributed by atoms with E-state index in [1.807, 2.05) is 0 Å². The van der Waals surface area contributed by atoms with Gasteiger partial charge in [-0.25, -0.2) is 9.37 Å². The van der Waals surface area contributed by atoms with E-state index in [-0.39, 0.29) is 18.3 Å². The van der Waals surface area contributed by atoms with Crippen molar-refractivity contribution in [3.63, 3.8) is 0 Å². The van der Waals surface area contributed by atoms with Crippen LogP contribution in [0.4, 0.5) is 4.39 Å². The quantitative estimate of drug-likeness (QED) is 0.757. The van der Waals surface area contributed by atoms with Gasteiger partial charge in [0.1, 0.15) is 17.4 Å². The van der Waals surface area contributed by atoms with Gasteiger partial charge in [-0.2, -0.15) is 0 Å². The highest BCUT2D eigenvalue weighted by Crippen LogP contribution is 2.10. The first-order valence-electron chi connectivity index (χ1n) is 6.37. The van der Waals surface area contributed by atoms with Gasteiger partial charge in [0, 0.05) is 25.4 Å². The Morgan fingerprint density at radius 1 is 1.35 bits per heavy atom. The van der Waals surface area contributed by atoms with Gasteiger partial charge in [-0.1, -0.05) is 0 Å². The molecule has 0 unspecified atom stereocenters. The van der Waals surface area contributed by atoms with E-state index in [1.54, 1.807) is 12.4 Å². The van der Waals surface area contributed by atoms with E-state index in [0.29, 0.717) is 12.3 Å². The van der Waals surface area contributed by atoms with Crippen molar-refractivity contribution in [3.8, 4) is 5.75 Å². The molecule has 1 aromatic carbocycles. The van der Waals surface area contributed by atoms with Crippen molar-refractivity contribution in [2.45, 2.75) is 12.8 Å². The van der Waals surface area contributed by atoms with Gasteiger partial charge in [0.2, 0.25) is 0 Å². The largest absolute Gasteiger partial charge is 0.484 e. The number of hydrogen-bond acceptors (Lipinski definition) is 3. The fourth-order valence-electron chi connectivity index (χ4n) is 1.65. The molecule has 0 saturated heterocycles. The van der Waals surface area contributed by atoms with Crippen molar-refractivity contribution in [1.29, 1.82) is 0 Å². The Hall–Kier alpha value is -2.37. The van der Waals surface area contributed by atoms with E-state index in [9.17, 15) is 9.18 Å². The van der Waals surface area contributed by atoms with Crippen molar-refractivity contribution < 1.29 is 13.9 Å². The summed E-state index contributed by atoms with van der Waals surface area (Å²) < 4.78 is 17.9. The number of aromatic amines is 1. The lowest BCUT2D eigenvalue weighted by molar-refractivity contribution is -0.123. The SMILES string of the molecule is O=C(COc1ccc(F)cc1)NCCCc1ncc[nH]1. The van der Waals surface area contributed by atoms with E-state index >= 15 is 0 Å². The standard InChI is InChI=1S/C14H16FN3O2/c15-11-3-5-12(6-4-11)20-10-14(19)18-7-1-2-13-16-8-9-17-13/h3-6,8-9H,1-2,7,10H2,(H,16,17)(H,18,19). The monoisotopic (exact) mass is 277 g/mol. The summed E-state index contributed by atoms with van der Waals surface area (Å²) in [5.41, 5.74) is 0. The molecule has 0 fully saturated rings. The predicted molar refractivity (Wildman–Crippen MR) is 71.8 cm³/mol. The highest BCUT2D eigenvalue weighted by atomic mass is 19.1. The van der Waals surface area contributed by atoms with Gasteiger partial charge < -0.3 is 15.0 Å². The Morgan fingerprint density at radius 2 is 2.15 bits per heavy atom. The number of ether oxygens (including phenoxy) is 1. The molecule has 2 rings (SSSR count). The highest BCUT2D eigenvalue weighted by molar-refractivity contribution is 5.77. The summed E-state index contributed by atoms with van der Waals surface area (Å²) >= 11 is 0. The number of benzene rings is 1. The average Bonchev–Trinajstić information content (AvgIpc) is 2.96. The van der Waals surface area contributed by atoms with Gasteiger partial charge in [-0.05, 0) is 30.7 Å². The maximum absolute atomic E-state index is 12.7. The lowest BCUT2D eigenvalue weighted by Gasteiger charge is -2.07. The molecule has 1 amide bonds. The third kappa shape index (κ3) is 4.72. The van der Waals surface area contributed by atoms with Crippen LogP contribution in [0.1, 0.15) is 12.2 Å². The van der Waals surface area contributed by atoms with Crippen LogP contribution in [0.2, 0.25) is 0 Å². The number of hydrogen-bond donors (Lipinski definition) is 2. The van der Waals surface area contributed by atoms with Crippen LogP contribution < -0.4 is 10.1 Å². The normalized spacial score (nSPS) is 10.2. The second kappa shape index (κ2) is 7.28. The maximum Gasteiger partial charge on any atom is 0.257 e. The van der Waals surface area contributed by atoms with Crippen molar-refractivity contribution in [3.05, 3.63) is 48.3 Å². The summed E-state index contributed by atoms with van der Waals surface area (Å²) in [6, 6.07) is 5.55. The first-order valence-corrected chi connectivity index (χ1v) is 6.37. The number of amides is 1. The molecule has 0 saturated carbocycles. The Bertz CT molecular complexity index is 526. The van der Waals surface area contributed by atoms with Crippen LogP contribution in [-0.4, -0.2) is 29.0 Å². The highest BCUT2D eigenvalue weighted by Gasteiger charge is 2.03. The number of rotatable bonds is 7. The van der Waals surface area contributed by atoms with E-state index < -0.39 is 0 Å². The van der Waals surface area contributed by atoms with Gasteiger partial charge in [-0.15, -0.1) is 0 Å². The van der Waals surface area contributed by atoms with Crippen LogP contribution in [0, 0.1) is 5.82 Å². The van der Waals surface area contributed by atoms with Crippen molar-refractivity contribution >= 4 is 5.91 Å². The van der Waals surface area contributed by atoms with Gasteiger partial charge in [0.25, 0.3) is 5.91 Å². The van der Waals surface area contributed by atoms with E-state index in [1.165, 1.54) is 24.3 Å². The molecule has 1 aromatic heterocycles. The molecule has 0 atom stereocenters. The summed E-state index contributed by atoms with van der Waals surface area (Å²) in [5.74, 6) is 0.840. The summed E-state index contributed by atoms with van der Waals surface area (Å²) in [6.45, 7) is 0.485. The molecule has 0 radical (unpaired) electrons. The molecule has 20 heavy (non-hydrogen) atoms. The van der Waals surface area contributed by atoms with Crippen molar-refractivity contribution in [2.75, 3.05) is 13.2 Å². The first kappa shape index (κ1) is 14.0. The molecule has 6 heteroatoms. The van der Waals surface area contributed by atoms with Crippen LogP contribution in [0.3, 0.4) is 0 Å². The zero-order chi connectivity index (χ0) is 14.2. The molecule has 0 bridgehead atoms. The smallest absolute Gasteiger partial charge is 0.257 e. The fraction of sp³-hybridized carbons (Fsp3) is 0.286. The third-order valence-corrected chi connectivity index (χ3v) is 2.65. The van der Waals surface area contributed by atoms with Gasteiger partial charge in [0.05, 0.1) is 0 Å². The van der Waals surface area contributed by atoms with Crippen LogP contribution >= 0.6 is 0 Å². The first-order chi connectivity index (χ1) is 9.74. The molecule has 2 N–H and O–H groups in total. The number of H-pyrrole nitrogens is 1. The number of aryl methyl sites for hydroxylation is 1. The average molecular weight is 277 g/mol. The Morgan fingerprint density at radius 3 is 2.85 bits per heavy atom. The van der Waals surface area contributed by atoms with E-state index in [2.05, 4.69) is 15.3 Å². The van der Waals surface area contributed by atoms with E-state index in [4.69, 9.17) is 4.74 Å². The molecule has 2 aromatic rings. The number of halogens is 1. The minimum Gasteiger partial charge on any atom is -0.484 e. The third-order valence-electron chi connectivity index (χ3n) is 2.65. The van der Waals surface area contributed by atoms with Crippen LogP contribution in [0.25, 0.3) is 0 Å². The molecule has 1 heterocycles. The molecule has 0 aliphatic carbocycles. The number of carbonyl (C=O) groups is 1. The Labute approximate surface area is 116 Å². The van der Waals surface area contributed by atoms with Crippen molar-refractivity contribution in [1.82, 2.24) is 15.3 Å². The van der Waals surface area contributed by atoms with Crippen LogP contribution in [0.15, 0.2) is 36.7 Å². The Balaban J connectivity index is 1.59. The molecule has 0 spiro atoms. The lowest BCUT2D eigenvalue weighted by Crippen LogP contribution is -2.29. The second-order valence-electron chi connectivity index (χ2n) is 4.23. The summed E-state index contributed by atoms with van der Waals surface area (Å²) in [4.78, 5) is 18.6. The topological polar surface area (TPSA) is 67.0 Å². The van der Waals surface area contributed by atoms with Gasteiger partial charge >= 0.3 is 0 Å². The van der Waals surface area contributed by atoms with Gasteiger partial charge in [0.15, 0.2) is 6.61 Å². The van der Waals surface area contributed by atoms with Crippen molar-refractivity contribution in [2.24, 2.45) is 0 Å². The molecule has 106 valence electrons. The van der Waals surface area contributed by atoms with E-state index in [0.717, 1.165) is 18.7 Å². The predicted octanol–water partition coefficient (Wildman–Crippen LogP) is 1.68. The maximum atomic E-state index is 12.7. The molecular weight excluding hydrogens is 261 g/mol. The number of imidazole rings is 1. The number of carbonyl (C=O) groups excluding carboxylic acids is 1. The number of aromatic nitrogens is 2. The van der Waals surface area contributed by atoms with Crippen LogP contribution in [-0.2, 0) is 11.2 Å². The Kier molecular flexibility index (Phi) is 5.11.